The van der Waals surface area contributed by atoms with Crippen LogP contribution in [0.1, 0.15) is 83.1 Å². The molecule has 150 valence electrons. The van der Waals surface area contributed by atoms with Gasteiger partial charge in [0.2, 0.25) is 0 Å². The van der Waals surface area contributed by atoms with Gasteiger partial charge in [-0.1, -0.05) is 83.1 Å². The Labute approximate surface area is 156 Å². The van der Waals surface area contributed by atoms with Crippen LogP contribution in [0.25, 0.3) is 0 Å². The molecule has 5 heteroatoms. The maximum atomic E-state index is 13.5. The number of nitrogens with one attached hydrogen (secondary N) is 1. The van der Waals surface area contributed by atoms with Crippen LogP contribution < -0.4 is 5.09 Å². The third kappa shape index (κ3) is 4.03. The third-order valence-electron chi connectivity index (χ3n) is 5.73. The second kappa shape index (κ2) is 6.33. The minimum atomic E-state index is -3.42. The molecule has 0 amide bonds. The zero-order valence-corrected chi connectivity index (χ0v) is 19.7. The average molecular weight is 376 g/mol. The van der Waals surface area contributed by atoms with Crippen LogP contribution in [0.4, 0.5) is 0 Å². The molecule has 0 aromatic heterocycles. The molecule has 1 aliphatic heterocycles. The minimum Gasteiger partial charge on any atom is -0.300 e. The van der Waals surface area contributed by atoms with Crippen molar-refractivity contribution >= 4 is 7.75 Å². The first kappa shape index (κ1) is 23.1. The standard InChI is InChI=1S/C20H42NO3P/c1-16(2,3)14-15(17(4,5)6)24-25(22,23-13)21-20(14,18(7,8)9)19(10,11)12/h14-15H,1-13H3,(H,21,22). The molecule has 0 bridgehead atoms. The summed E-state index contributed by atoms with van der Waals surface area (Å²) in [6.07, 6.45) is -0.196. The molecule has 3 unspecified atom stereocenters. The predicted octanol–water partition coefficient (Wildman–Crippen LogP) is 6.27. The molecule has 1 aliphatic rings. The maximum Gasteiger partial charge on any atom is 0.406 e. The Bertz CT molecular complexity index is 515. The summed E-state index contributed by atoms with van der Waals surface area (Å²) in [4.78, 5) is 0. The highest BCUT2D eigenvalue weighted by Crippen LogP contribution is 2.67. The topological polar surface area (TPSA) is 47.6 Å². The smallest absolute Gasteiger partial charge is 0.300 e. The summed E-state index contributed by atoms with van der Waals surface area (Å²) in [7, 11) is -1.95. The van der Waals surface area contributed by atoms with E-state index in [0.29, 0.717) is 0 Å². The van der Waals surface area contributed by atoms with Crippen molar-refractivity contribution in [1.29, 1.82) is 0 Å². The Hall–Kier alpha value is 0.110. The van der Waals surface area contributed by atoms with Gasteiger partial charge in [-0.25, -0.2) is 9.65 Å². The Balaban J connectivity index is 3.92. The molecule has 0 radical (unpaired) electrons. The molecule has 4 nitrogen and oxygen atoms in total. The Morgan fingerprint density at radius 2 is 1.24 bits per heavy atom. The molecular weight excluding hydrogens is 333 g/mol. The Morgan fingerprint density at radius 3 is 1.48 bits per heavy atom. The zero-order valence-electron chi connectivity index (χ0n) is 18.8. The average Bonchev–Trinajstić information content (AvgIpc) is 2.32. The summed E-state index contributed by atoms with van der Waals surface area (Å²) in [5, 5.41) is 3.44. The predicted molar refractivity (Wildman–Crippen MR) is 107 cm³/mol. The molecule has 1 fully saturated rings. The van der Waals surface area contributed by atoms with Gasteiger partial charge in [-0.15, -0.1) is 0 Å². The van der Waals surface area contributed by atoms with Gasteiger partial charge in [-0.3, -0.25) is 4.52 Å². The van der Waals surface area contributed by atoms with E-state index < -0.39 is 13.3 Å². The van der Waals surface area contributed by atoms with Crippen LogP contribution in [0.15, 0.2) is 0 Å². The van der Waals surface area contributed by atoms with Crippen molar-refractivity contribution in [2.75, 3.05) is 7.11 Å². The van der Waals surface area contributed by atoms with Crippen LogP contribution in [-0.2, 0) is 13.6 Å². The highest BCUT2D eigenvalue weighted by molar-refractivity contribution is 7.51. The summed E-state index contributed by atoms with van der Waals surface area (Å²) in [5.74, 6) is 0.136. The van der Waals surface area contributed by atoms with E-state index in [0.717, 1.165) is 0 Å². The van der Waals surface area contributed by atoms with Gasteiger partial charge in [0.1, 0.15) is 0 Å². The van der Waals surface area contributed by atoms with E-state index in [9.17, 15) is 4.57 Å². The minimum absolute atomic E-state index is 0.0511. The molecule has 1 N–H and O–H groups in total. The fourth-order valence-corrected chi connectivity index (χ4v) is 7.20. The zero-order chi connectivity index (χ0) is 20.3. The summed E-state index contributed by atoms with van der Waals surface area (Å²) in [5.41, 5.74) is -0.990. The Kier molecular flexibility index (Phi) is 5.86. The van der Waals surface area contributed by atoms with Crippen molar-refractivity contribution < 1.29 is 13.6 Å². The van der Waals surface area contributed by atoms with E-state index >= 15 is 0 Å². The fraction of sp³-hybridized carbons (Fsp3) is 1.00. The van der Waals surface area contributed by atoms with Crippen LogP contribution in [0, 0.1) is 27.6 Å². The third-order valence-corrected chi connectivity index (χ3v) is 7.34. The lowest BCUT2D eigenvalue weighted by Gasteiger charge is -2.66. The molecule has 3 atom stereocenters. The molecule has 25 heavy (non-hydrogen) atoms. The lowest BCUT2D eigenvalue weighted by atomic mass is 9.47. The van der Waals surface area contributed by atoms with Gasteiger partial charge < -0.3 is 4.52 Å². The molecule has 0 spiro atoms. The monoisotopic (exact) mass is 375 g/mol. The van der Waals surface area contributed by atoms with E-state index in [-0.39, 0.29) is 33.7 Å². The van der Waals surface area contributed by atoms with Crippen LogP contribution in [0.5, 0.6) is 0 Å². The van der Waals surface area contributed by atoms with Crippen LogP contribution >= 0.6 is 7.75 Å². The van der Waals surface area contributed by atoms with Gasteiger partial charge in [-0.2, -0.15) is 0 Å². The Morgan fingerprint density at radius 1 is 0.840 bits per heavy atom. The van der Waals surface area contributed by atoms with Gasteiger partial charge in [0.15, 0.2) is 0 Å². The van der Waals surface area contributed by atoms with E-state index in [4.69, 9.17) is 9.05 Å². The molecule has 0 saturated carbocycles. The van der Waals surface area contributed by atoms with Crippen LogP contribution in [0.3, 0.4) is 0 Å². The molecule has 1 saturated heterocycles. The summed E-state index contributed by atoms with van der Waals surface area (Å²) in [6, 6.07) is 0. The number of hydrogen-bond acceptors (Lipinski definition) is 3. The van der Waals surface area contributed by atoms with Gasteiger partial charge in [0.05, 0.1) is 6.10 Å². The SMILES string of the molecule is COP1(=O)NC(C(C)(C)C)(C(C)(C)C)C(C(C)(C)C)C(C(C)(C)C)O1. The highest BCUT2D eigenvalue weighted by atomic mass is 31.2. The molecule has 1 heterocycles. The summed E-state index contributed by atoms with van der Waals surface area (Å²) >= 11 is 0. The first-order chi connectivity index (χ1) is 10.7. The second-order valence-corrected chi connectivity index (χ2v) is 13.6. The quantitative estimate of drug-likeness (QED) is 0.549. The number of rotatable bonds is 1. The fourth-order valence-electron chi connectivity index (χ4n) is 4.99. The van der Waals surface area contributed by atoms with Gasteiger partial charge >= 0.3 is 7.75 Å². The molecule has 0 aromatic carbocycles. The van der Waals surface area contributed by atoms with Crippen molar-refractivity contribution in [3.63, 3.8) is 0 Å². The second-order valence-electron chi connectivity index (χ2n) is 11.8. The summed E-state index contributed by atoms with van der Waals surface area (Å²) in [6.45, 7) is 26.7. The molecule has 1 rings (SSSR count). The van der Waals surface area contributed by atoms with Crippen molar-refractivity contribution in [2.24, 2.45) is 27.6 Å². The highest BCUT2D eigenvalue weighted by Gasteiger charge is 2.67. The normalized spacial score (nSPS) is 31.9. The number of hydrogen-bond donors (Lipinski definition) is 1. The van der Waals surface area contributed by atoms with E-state index in [1.807, 2.05) is 0 Å². The first-order valence-corrected chi connectivity index (χ1v) is 10.9. The van der Waals surface area contributed by atoms with Crippen molar-refractivity contribution in [1.82, 2.24) is 5.09 Å². The van der Waals surface area contributed by atoms with Crippen molar-refractivity contribution in [2.45, 2.75) is 94.7 Å². The van der Waals surface area contributed by atoms with Gasteiger partial charge in [0.25, 0.3) is 0 Å². The van der Waals surface area contributed by atoms with Crippen molar-refractivity contribution in [3.8, 4) is 0 Å². The van der Waals surface area contributed by atoms with Gasteiger partial charge in [0, 0.05) is 18.6 Å². The maximum absolute atomic E-state index is 13.5. The van der Waals surface area contributed by atoms with E-state index in [1.165, 1.54) is 7.11 Å². The van der Waals surface area contributed by atoms with E-state index in [1.54, 1.807) is 0 Å². The van der Waals surface area contributed by atoms with Gasteiger partial charge in [-0.05, 0) is 21.7 Å². The van der Waals surface area contributed by atoms with Crippen molar-refractivity contribution in [3.05, 3.63) is 0 Å². The molecular formula is C20H42NO3P. The van der Waals surface area contributed by atoms with Crippen LogP contribution in [-0.4, -0.2) is 18.8 Å². The largest absolute Gasteiger partial charge is 0.406 e. The molecule has 0 aliphatic carbocycles. The van der Waals surface area contributed by atoms with E-state index in [2.05, 4.69) is 88.2 Å². The lowest BCUT2D eigenvalue weighted by molar-refractivity contribution is -0.154. The van der Waals surface area contributed by atoms with Crippen LogP contribution in [0.2, 0.25) is 0 Å². The lowest BCUT2D eigenvalue weighted by Crippen LogP contribution is -2.74. The molecule has 0 aromatic rings. The summed E-state index contributed by atoms with van der Waals surface area (Å²) < 4.78 is 25.1. The first-order valence-electron chi connectivity index (χ1n) is 9.36.